The van der Waals surface area contributed by atoms with Gasteiger partial charge in [0.1, 0.15) is 17.0 Å². The molecule has 3 aliphatic rings. The van der Waals surface area contributed by atoms with E-state index < -0.39 is 6.10 Å². The number of β-amino-alcohol motifs (C(OH)–C–C–N with tert-alkyl or cyclic N) is 1. The molecule has 11 heteroatoms. The van der Waals surface area contributed by atoms with Crippen molar-refractivity contribution in [3.63, 3.8) is 0 Å². The summed E-state index contributed by atoms with van der Waals surface area (Å²) in [7, 11) is 0. The van der Waals surface area contributed by atoms with Crippen LogP contribution in [0, 0.1) is 6.92 Å². The van der Waals surface area contributed by atoms with Gasteiger partial charge in [-0.05, 0) is 61.9 Å². The van der Waals surface area contributed by atoms with E-state index in [0.717, 1.165) is 55.8 Å². The predicted molar refractivity (Wildman–Crippen MR) is 159 cm³/mol. The molecule has 1 saturated carbocycles. The van der Waals surface area contributed by atoms with Crippen molar-refractivity contribution >= 4 is 29.0 Å². The summed E-state index contributed by atoms with van der Waals surface area (Å²) in [6.45, 7) is 4.81. The zero-order chi connectivity index (χ0) is 28.9. The van der Waals surface area contributed by atoms with Crippen molar-refractivity contribution in [2.75, 3.05) is 37.7 Å². The Hall–Kier alpha value is -3.89. The van der Waals surface area contributed by atoms with Crippen LogP contribution in [-0.4, -0.2) is 73.9 Å². The number of hydrogen-bond acceptors (Lipinski definition) is 7. The average Bonchev–Trinajstić information content (AvgIpc) is 3.57. The minimum atomic E-state index is -1.01. The van der Waals surface area contributed by atoms with Crippen LogP contribution >= 0.6 is 11.6 Å². The van der Waals surface area contributed by atoms with Crippen molar-refractivity contribution in [3.05, 3.63) is 83.0 Å². The van der Waals surface area contributed by atoms with Gasteiger partial charge in [-0.2, -0.15) is 0 Å². The number of aliphatic hydroxyl groups excluding tert-OH is 1. The zero-order valence-corrected chi connectivity index (χ0v) is 24.3. The molecule has 1 aliphatic carbocycles. The number of carbonyl (C=O) groups excluding carboxylic acids is 1. The number of hydrogen-bond donors (Lipinski definition) is 2. The molecular weight excluding hydrogens is 554 g/mol. The highest BCUT2D eigenvalue weighted by molar-refractivity contribution is 6.29. The van der Waals surface area contributed by atoms with Gasteiger partial charge in [0.2, 0.25) is 0 Å². The molecule has 1 aromatic carbocycles. The van der Waals surface area contributed by atoms with E-state index in [2.05, 4.69) is 49.5 Å². The van der Waals surface area contributed by atoms with Gasteiger partial charge in [0.25, 0.3) is 0 Å². The van der Waals surface area contributed by atoms with E-state index in [0.29, 0.717) is 24.0 Å². The normalized spacial score (nSPS) is 19.7. The number of amides is 2. The fraction of sp³-hybridized carbons (Fsp3) is 0.419. The highest BCUT2D eigenvalue weighted by atomic mass is 35.5. The molecule has 2 amide bonds. The Balaban J connectivity index is 0.989. The van der Waals surface area contributed by atoms with Crippen LogP contribution in [0.25, 0.3) is 5.65 Å². The van der Waals surface area contributed by atoms with Gasteiger partial charge in [0.05, 0.1) is 36.8 Å². The number of ether oxygens (including phenoxy) is 1. The Bertz CT molecular complexity index is 1600. The third-order valence-electron chi connectivity index (χ3n) is 9.01. The lowest BCUT2D eigenvalue weighted by molar-refractivity contribution is 0.121. The Morgan fingerprint density at radius 3 is 2.62 bits per heavy atom. The molecule has 3 fully saturated rings. The summed E-state index contributed by atoms with van der Waals surface area (Å²) in [5.74, 6) is 1.01. The molecule has 2 saturated heterocycles. The number of piperidine rings is 1. The van der Waals surface area contributed by atoms with Gasteiger partial charge < -0.3 is 25.0 Å². The maximum absolute atomic E-state index is 12.9. The van der Waals surface area contributed by atoms with E-state index in [9.17, 15) is 9.90 Å². The van der Waals surface area contributed by atoms with Gasteiger partial charge in [-0.1, -0.05) is 41.9 Å². The van der Waals surface area contributed by atoms with E-state index >= 15 is 0 Å². The molecule has 10 nitrogen and oxygen atoms in total. The largest absolute Gasteiger partial charge is 0.491 e. The van der Waals surface area contributed by atoms with Crippen LogP contribution in [0.3, 0.4) is 0 Å². The summed E-state index contributed by atoms with van der Waals surface area (Å²) in [5.41, 5.74) is 3.66. The topological polar surface area (TPSA) is 108 Å². The molecule has 1 spiro atoms. The number of nitrogens with zero attached hydrogens (tertiary/aromatic N) is 6. The van der Waals surface area contributed by atoms with Crippen LogP contribution < -0.4 is 15.0 Å². The van der Waals surface area contributed by atoms with Gasteiger partial charge in [0, 0.05) is 25.0 Å². The third kappa shape index (κ3) is 5.13. The zero-order valence-electron chi connectivity index (χ0n) is 23.5. The number of nitrogens with one attached hydrogen (secondary N) is 1. The molecule has 7 rings (SSSR count). The van der Waals surface area contributed by atoms with Crippen molar-refractivity contribution in [3.8, 4) is 5.75 Å². The number of benzene rings is 1. The molecule has 0 radical (unpaired) electrons. The van der Waals surface area contributed by atoms with E-state index in [4.69, 9.17) is 16.3 Å². The standard InChI is InChI=1S/C31H34ClN7O3/c1-21-15-24(42-20-30(9-10-30)22-5-3-2-4-6-22)17-39-28(21)34-27(36-39)25(40)18-38-19-31(35-29(38)41)11-13-37(14-12-31)23-7-8-26(32)33-16-23/h2-8,15-17,25,40H,9-14,18-20H2,1H3,(H,35,41). The smallest absolute Gasteiger partial charge is 0.318 e. The molecule has 2 N–H and O–H groups in total. The minimum Gasteiger partial charge on any atom is -0.491 e. The van der Waals surface area contributed by atoms with E-state index in [-0.39, 0.29) is 29.4 Å². The number of aryl methyl sites for hydroxylation is 1. The fourth-order valence-corrected chi connectivity index (χ4v) is 6.40. The van der Waals surface area contributed by atoms with Crippen LogP contribution in [0.1, 0.15) is 48.7 Å². The molecule has 0 bridgehead atoms. The first kappa shape index (κ1) is 27.0. The van der Waals surface area contributed by atoms with E-state index in [1.54, 1.807) is 21.7 Å². The maximum Gasteiger partial charge on any atom is 0.318 e. The lowest BCUT2D eigenvalue weighted by atomic mass is 9.88. The SMILES string of the molecule is Cc1cc(OCC2(c3ccccc3)CC2)cn2nc(C(O)CN3CC4(CCN(c5ccc(Cl)nc5)CC4)NC3=O)nc12. The van der Waals surface area contributed by atoms with Crippen molar-refractivity contribution in [2.45, 2.75) is 49.7 Å². The minimum absolute atomic E-state index is 0.0746. The third-order valence-corrected chi connectivity index (χ3v) is 9.23. The molecule has 2 aliphatic heterocycles. The first-order valence-electron chi connectivity index (χ1n) is 14.5. The summed E-state index contributed by atoms with van der Waals surface area (Å²) < 4.78 is 7.91. The Labute approximate surface area is 249 Å². The predicted octanol–water partition coefficient (Wildman–Crippen LogP) is 4.29. The number of rotatable bonds is 8. The Morgan fingerprint density at radius 1 is 1.12 bits per heavy atom. The highest BCUT2D eigenvalue weighted by Crippen LogP contribution is 2.48. The second-order valence-electron chi connectivity index (χ2n) is 12.0. The monoisotopic (exact) mass is 587 g/mol. The summed E-state index contributed by atoms with van der Waals surface area (Å²) in [6.07, 6.45) is 6.41. The van der Waals surface area contributed by atoms with E-state index in [1.807, 2.05) is 31.3 Å². The number of aliphatic hydroxyl groups is 1. The van der Waals surface area contributed by atoms with E-state index in [1.165, 1.54) is 5.56 Å². The second-order valence-corrected chi connectivity index (χ2v) is 12.4. The molecule has 1 unspecified atom stereocenters. The number of pyridine rings is 2. The number of fused-ring (bicyclic) bond motifs is 1. The first-order chi connectivity index (χ1) is 20.3. The quantitative estimate of drug-likeness (QED) is 0.296. The van der Waals surface area contributed by atoms with Gasteiger partial charge >= 0.3 is 6.03 Å². The van der Waals surface area contributed by atoms with Gasteiger partial charge in [-0.3, -0.25) is 0 Å². The Morgan fingerprint density at radius 2 is 1.90 bits per heavy atom. The maximum atomic E-state index is 12.9. The number of anilines is 1. The number of urea groups is 1. The van der Waals surface area contributed by atoms with Gasteiger partial charge in [-0.25, -0.2) is 19.3 Å². The number of carbonyl (C=O) groups is 1. The summed E-state index contributed by atoms with van der Waals surface area (Å²) in [5, 5.41) is 19.3. The second kappa shape index (κ2) is 10.4. The van der Waals surface area contributed by atoms with Crippen LogP contribution in [-0.2, 0) is 5.41 Å². The van der Waals surface area contributed by atoms with Crippen LogP contribution in [0.5, 0.6) is 5.75 Å². The lowest BCUT2D eigenvalue weighted by Gasteiger charge is -2.39. The summed E-state index contributed by atoms with van der Waals surface area (Å²) in [6, 6.07) is 16.1. The number of aromatic nitrogens is 4. The first-order valence-corrected chi connectivity index (χ1v) is 14.9. The molecule has 3 aromatic heterocycles. The summed E-state index contributed by atoms with van der Waals surface area (Å²) >= 11 is 5.93. The molecular formula is C31H34ClN7O3. The Kier molecular flexibility index (Phi) is 6.70. The molecule has 42 heavy (non-hydrogen) atoms. The van der Waals surface area contributed by atoms with Crippen LogP contribution in [0.4, 0.5) is 10.5 Å². The van der Waals surface area contributed by atoms with Crippen molar-refractivity contribution < 1.29 is 14.6 Å². The molecule has 218 valence electrons. The van der Waals surface area contributed by atoms with Crippen molar-refractivity contribution in [1.29, 1.82) is 0 Å². The fourth-order valence-electron chi connectivity index (χ4n) is 6.29. The number of halogens is 1. The van der Waals surface area contributed by atoms with Crippen LogP contribution in [0.15, 0.2) is 60.9 Å². The highest BCUT2D eigenvalue weighted by Gasteiger charge is 2.46. The molecule has 1 atom stereocenters. The molecule has 4 aromatic rings. The van der Waals surface area contributed by atoms with Gasteiger partial charge in [-0.15, -0.1) is 5.10 Å². The summed E-state index contributed by atoms with van der Waals surface area (Å²) in [4.78, 5) is 25.7. The average molecular weight is 588 g/mol. The van der Waals surface area contributed by atoms with Crippen LogP contribution in [0.2, 0.25) is 5.15 Å². The molecule has 5 heterocycles. The lowest BCUT2D eigenvalue weighted by Crippen LogP contribution is -2.52. The van der Waals surface area contributed by atoms with Gasteiger partial charge in [0.15, 0.2) is 11.5 Å². The van der Waals surface area contributed by atoms with Crippen molar-refractivity contribution in [1.82, 2.24) is 29.8 Å². The van der Waals surface area contributed by atoms with Crippen molar-refractivity contribution in [2.24, 2.45) is 0 Å².